The fourth-order valence-corrected chi connectivity index (χ4v) is 4.92. The van der Waals surface area contributed by atoms with Gasteiger partial charge < -0.3 is 0 Å². The van der Waals surface area contributed by atoms with Crippen molar-refractivity contribution in [3.05, 3.63) is 35.9 Å². The van der Waals surface area contributed by atoms with E-state index in [0.29, 0.717) is 5.54 Å². The maximum atomic E-state index is 6.43. The van der Waals surface area contributed by atoms with Crippen molar-refractivity contribution in [3.63, 3.8) is 0 Å². The fraction of sp³-hybridized carbons (Fsp3) is 0.455. The van der Waals surface area contributed by atoms with E-state index in [2.05, 4.69) is 26.0 Å². The van der Waals surface area contributed by atoms with Gasteiger partial charge in [0.25, 0.3) is 6.69 Å². The molecule has 1 rings (SSSR count). The molecule has 0 aliphatic rings. The second kappa shape index (κ2) is 5.20. The molecule has 78 valence electrons. The van der Waals surface area contributed by atoms with Crippen LogP contribution in [0.3, 0.4) is 0 Å². The quantitative estimate of drug-likeness (QED) is 0.543. The van der Waals surface area contributed by atoms with Gasteiger partial charge in [-0.15, -0.1) is 22.2 Å². The minimum absolute atomic E-state index is 0.450. The van der Waals surface area contributed by atoms with Gasteiger partial charge in [-0.1, -0.05) is 50.6 Å². The summed E-state index contributed by atoms with van der Waals surface area (Å²) in [5.74, 6) is 0. The van der Waals surface area contributed by atoms with Crippen molar-refractivity contribution in [1.29, 1.82) is 0 Å². The molecule has 0 nitrogen and oxygen atoms in total. The Balaban J connectivity index is 2.68. The Morgan fingerprint density at radius 3 is 2.29 bits per heavy atom. The van der Waals surface area contributed by atoms with E-state index in [1.54, 1.807) is 0 Å². The monoisotopic (exact) mass is 246 g/mol. The highest BCUT2D eigenvalue weighted by Crippen LogP contribution is 2.34. The van der Waals surface area contributed by atoms with Crippen LogP contribution in [0.15, 0.2) is 30.3 Å². The minimum atomic E-state index is -2.10. The molecule has 0 N–H and O–H groups in total. The average molecular weight is 247 g/mol. The molecule has 0 saturated heterocycles. The summed E-state index contributed by atoms with van der Waals surface area (Å²) in [5.41, 5.74) is 1.70. The Kier molecular flexibility index (Phi) is 4.49. The van der Waals surface area contributed by atoms with E-state index in [9.17, 15) is 0 Å². The van der Waals surface area contributed by atoms with E-state index in [-0.39, 0.29) is 0 Å². The molecular weight excluding hydrogens is 231 g/mol. The van der Waals surface area contributed by atoms with Gasteiger partial charge in [0.15, 0.2) is 0 Å². The SMILES string of the molecule is CCC(C)[Si](Cl)(Cl)Cc1ccccc1. The van der Waals surface area contributed by atoms with Gasteiger partial charge in [-0.05, 0) is 17.1 Å². The molecule has 0 amide bonds. The van der Waals surface area contributed by atoms with E-state index < -0.39 is 6.69 Å². The normalized spacial score (nSPS) is 14.0. The van der Waals surface area contributed by atoms with Crippen molar-refractivity contribution in [2.45, 2.75) is 31.9 Å². The molecule has 0 heterocycles. The highest BCUT2D eigenvalue weighted by molar-refractivity contribution is 7.45. The van der Waals surface area contributed by atoms with Crippen LogP contribution in [0.25, 0.3) is 0 Å². The van der Waals surface area contributed by atoms with E-state index in [1.165, 1.54) is 5.56 Å². The first-order valence-corrected chi connectivity index (χ1v) is 9.29. The van der Waals surface area contributed by atoms with Crippen molar-refractivity contribution < 1.29 is 0 Å². The first kappa shape index (κ1) is 12.1. The van der Waals surface area contributed by atoms with Gasteiger partial charge in [-0.25, -0.2) is 0 Å². The Bertz CT molecular complexity index is 272. The van der Waals surface area contributed by atoms with Crippen molar-refractivity contribution in [2.75, 3.05) is 0 Å². The summed E-state index contributed by atoms with van der Waals surface area (Å²) >= 11 is 12.9. The molecular formula is C11H16Cl2Si. The molecule has 0 bridgehead atoms. The highest BCUT2D eigenvalue weighted by Gasteiger charge is 2.34. The molecule has 0 spiro atoms. The second-order valence-corrected chi connectivity index (χ2v) is 11.2. The average Bonchev–Trinajstić information content (AvgIpc) is 2.17. The maximum Gasteiger partial charge on any atom is 0.258 e. The predicted octanol–water partition coefficient (Wildman–Crippen LogP) is 4.49. The van der Waals surface area contributed by atoms with Crippen LogP contribution in [0, 0.1) is 0 Å². The van der Waals surface area contributed by atoms with Crippen molar-refractivity contribution >= 4 is 28.9 Å². The predicted molar refractivity (Wildman–Crippen MR) is 67.3 cm³/mol. The molecule has 0 fully saturated rings. The maximum absolute atomic E-state index is 6.43. The zero-order chi connectivity index (χ0) is 10.6. The molecule has 1 aromatic rings. The molecule has 1 unspecified atom stereocenters. The van der Waals surface area contributed by atoms with Crippen LogP contribution < -0.4 is 0 Å². The van der Waals surface area contributed by atoms with Gasteiger partial charge in [-0.2, -0.15) is 0 Å². The highest BCUT2D eigenvalue weighted by atomic mass is 35.7. The zero-order valence-corrected chi connectivity index (χ0v) is 11.1. The largest absolute Gasteiger partial charge is 0.258 e. The van der Waals surface area contributed by atoms with Crippen LogP contribution in [0.2, 0.25) is 5.54 Å². The van der Waals surface area contributed by atoms with Gasteiger partial charge in [0, 0.05) is 0 Å². The molecule has 0 radical (unpaired) electrons. The lowest BCUT2D eigenvalue weighted by Gasteiger charge is -2.23. The van der Waals surface area contributed by atoms with Crippen LogP contribution in [0.5, 0.6) is 0 Å². The van der Waals surface area contributed by atoms with Gasteiger partial charge in [-0.3, -0.25) is 0 Å². The summed E-state index contributed by atoms with van der Waals surface area (Å²) in [4.78, 5) is 0. The Labute approximate surface area is 96.7 Å². The Hall–Kier alpha value is 0.0169. The Morgan fingerprint density at radius 1 is 1.21 bits per heavy atom. The van der Waals surface area contributed by atoms with E-state index >= 15 is 0 Å². The van der Waals surface area contributed by atoms with Crippen LogP contribution in [-0.4, -0.2) is 6.69 Å². The van der Waals surface area contributed by atoms with Crippen molar-refractivity contribution in [1.82, 2.24) is 0 Å². The summed E-state index contributed by atoms with van der Waals surface area (Å²) in [6, 6.07) is 11.1. The smallest absolute Gasteiger partial charge is 0.145 e. The third-order valence-corrected chi connectivity index (χ3v) is 8.38. The summed E-state index contributed by atoms with van der Waals surface area (Å²) in [5, 5.41) is 0. The lowest BCUT2D eigenvalue weighted by atomic mass is 10.2. The van der Waals surface area contributed by atoms with E-state index in [4.69, 9.17) is 22.2 Å². The third-order valence-electron chi connectivity index (χ3n) is 2.62. The lowest BCUT2D eigenvalue weighted by molar-refractivity contribution is 0.854. The topological polar surface area (TPSA) is 0 Å². The molecule has 1 aromatic carbocycles. The minimum Gasteiger partial charge on any atom is -0.145 e. The van der Waals surface area contributed by atoms with Gasteiger partial charge >= 0.3 is 0 Å². The molecule has 1 atom stereocenters. The standard InChI is InChI=1S/C11H16Cl2Si/c1-3-10(2)14(12,13)9-11-7-5-4-6-8-11/h4-8,10H,3,9H2,1-2H3. The molecule has 0 aromatic heterocycles. The summed E-state index contributed by atoms with van der Waals surface area (Å²) < 4.78 is 0. The van der Waals surface area contributed by atoms with E-state index in [1.807, 2.05) is 18.2 Å². The number of hydrogen-bond donors (Lipinski definition) is 0. The van der Waals surface area contributed by atoms with Crippen LogP contribution in [-0.2, 0) is 6.04 Å². The summed E-state index contributed by atoms with van der Waals surface area (Å²) in [6.07, 6.45) is 1.06. The van der Waals surface area contributed by atoms with Crippen molar-refractivity contribution in [3.8, 4) is 0 Å². The molecule has 0 aliphatic heterocycles. The first-order valence-electron chi connectivity index (χ1n) is 4.98. The van der Waals surface area contributed by atoms with Gasteiger partial charge in [0.1, 0.15) is 0 Å². The third kappa shape index (κ3) is 3.30. The Morgan fingerprint density at radius 2 is 1.79 bits per heavy atom. The van der Waals surface area contributed by atoms with Crippen LogP contribution in [0.1, 0.15) is 25.8 Å². The number of halogens is 2. The van der Waals surface area contributed by atoms with Crippen molar-refractivity contribution in [2.24, 2.45) is 0 Å². The molecule has 0 aliphatic carbocycles. The summed E-state index contributed by atoms with van der Waals surface area (Å²) in [7, 11) is 0. The molecule has 14 heavy (non-hydrogen) atoms. The zero-order valence-electron chi connectivity index (χ0n) is 8.63. The van der Waals surface area contributed by atoms with Crippen LogP contribution in [0.4, 0.5) is 0 Å². The molecule has 3 heteroatoms. The fourth-order valence-electron chi connectivity index (χ4n) is 1.34. The molecule has 0 saturated carbocycles. The van der Waals surface area contributed by atoms with Gasteiger partial charge in [0.05, 0.1) is 0 Å². The lowest BCUT2D eigenvalue weighted by Crippen LogP contribution is -2.28. The number of hydrogen-bond acceptors (Lipinski definition) is 0. The van der Waals surface area contributed by atoms with E-state index in [0.717, 1.165) is 12.5 Å². The van der Waals surface area contributed by atoms with Crippen LogP contribution >= 0.6 is 22.2 Å². The number of benzene rings is 1. The number of rotatable bonds is 4. The second-order valence-electron chi connectivity index (χ2n) is 3.73. The first-order chi connectivity index (χ1) is 6.56. The van der Waals surface area contributed by atoms with Gasteiger partial charge in [0.2, 0.25) is 0 Å². The summed E-state index contributed by atoms with van der Waals surface area (Å²) in [6.45, 7) is 2.19.